The van der Waals surface area contributed by atoms with Crippen molar-refractivity contribution < 1.29 is 8.42 Å². The molecule has 0 aromatic heterocycles. The van der Waals surface area contributed by atoms with E-state index in [1.807, 2.05) is 7.05 Å². The van der Waals surface area contributed by atoms with Crippen LogP contribution in [0.4, 0.5) is 0 Å². The first-order chi connectivity index (χ1) is 9.65. The van der Waals surface area contributed by atoms with Gasteiger partial charge in [0.2, 0.25) is 0 Å². The number of rotatable bonds is 7. The Morgan fingerprint density at radius 1 is 1.24 bits per heavy atom. The van der Waals surface area contributed by atoms with Crippen LogP contribution in [0.3, 0.4) is 0 Å². The van der Waals surface area contributed by atoms with E-state index >= 15 is 0 Å². The molecule has 0 aliphatic heterocycles. The molecular formula is C17H29NO2S. The molecule has 0 amide bonds. The molecule has 1 N–H and O–H groups in total. The maximum Gasteiger partial charge on any atom is 0.155 e. The highest BCUT2D eigenvalue weighted by atomic mass is 32.2. The molecule has 0 saturated heterocycles. The summed E-state index contributed by atoms with van der Waals surface area (Å²) in [5, 5.41) is 3.18. The lowest BCUT2D eigenvalue weighted by atomic mass is 9.96. The van der Waals surface area contributed by atoms with Crippen molar-refractivity contribution >= 4 is 9.84 Å². The summed E-state index contributed by atoms with van der Waals surface area (Å²) in [7, 11) is -1.12. The van der Waals surface area contributed by atoms with Gasteiger partial charge in [-0.15, -0.1) is 0 Å². The first-order valence-corrected chi connectivity index (χ1v) is 9.23. The van der Waals surface area contributed by atoms with Crippen molar-refractivity contribution in [1.29, 1.82) is 0 Å². The summed E-state index contributed by atoms with van der Waals surface area (Å²) in [6.07, 6.45) is 1.62. The molecule has 0 radical (unpaired) electrons. The highest BCUT2D eigenvalue weighted by molar-refractivity contribution is 7.92. The summed E-state index contributed by atoms with van der Waals surface area (Å²) < 4.78 is 23.8. The van der Waals surface area contributed by atoms with E-state index in [4.69, 9.17) is 0 Å². The summed E-state index contributed by atoms with van der Waals surface area (Å²) in [6, 6.07) is 8.45. The number of sulfone groups is 1. The molecule has 1 aromatic rings. The third-order valence-electron chi connectivity index (χ3n) is 3.83. The van der Waals surface area contributed by atoms with Crippen molar-refractivity contribution in [3.8, 4) is 0 Å². The van der Waals surface area contributed by atoms with Gasteiger partial charge in [-0.1, -0.05) is 29.8 Å². The van der Waals surface area contributed by atoms with Gasteiger partial charge in [0.25, 0.3) is 0 Å². The van der Waals surface area contributed by atoms with Crippen molar-refractivity contribution in [2.75, 3.05) is 19.3 Å². The van der Waals surface area contributed by atoms with Crippen LogP contribution in [-0.2, 0) is 16.3 Å². The summed E-state index contributed by atoms with van der Waals surface area (Å²) >= 11 is 0. The normalized spacial score (nSPS) is 14.1. The van der Waals surface area contributed by atoms with Crippen LogP contribution in [0.5, 0.6) is 0 Å². The van der Waals surface area contributed by atoms with Crippen LogP contribution in [0.1, 0.15) is 38.3 Å². The molecule has 0 saturated carbocycles. The van der Waals surface area contributed by atoms with E-state index in [-0.39, 0.29) is 5.75 Å². The van der Waals surface area contributed by atoms with Crippen LogP contribution in [0.2, 0.25) is 0 Å². The number of aryl methyl sites for hydroxylation is 1. The highest BCUT2D eigenvalue weighted by Crippen LogP contribution is 2.20. The van der Waals surface area contributed by atoms with Crippen molar-refractivity contribution in [2.24, 2.45) is 5.92 Å². The Hall–Kier alpha value is -0.870. The monoisotopic (exact) mass is 311 g/mol. The van der Waals surface area contributed by atoms with Gasteiger partial charge in [-0.05, 0) is 65.6 Å². The predicted octanol–water partition coefficient (Wildman–Crippen LogP) is 2.98. The smallest absolute Gasteiger partial charge is 0.155 e. The molecule has 0 aliphatic carbocycles. The Balaban J connectivity index is 2.71. The standard InChI is InChI=1S/C17H29NO2S/c1-14-7-6-8-15(11-14)12-16(13-18-5)9-10-21(19,20)17(2,3)4/h6-8,11,16,18H,9-10,12-13H2,1-5H3. The molecule has 1 unspecified atom stereocenters. The zero-order valence-corrected chi connectivity index (χ0v) is 14.8. The van der Waals surface area contributed by atoms with Crippen molar-refractivity contribution in [3.63, 3.8) is 0 Å². The Bertz CT molecular complexity index is 544. The van der Waals surface area contributed by atoms with Crippen molar-refractivity contribution in [1.82, 2.24) is 5.32 Å². The molecule has 0 spiro atoms. The minimum Gasteiger partial charge on any atom is -0.319 e. The summed E-state index contributed by atoms with van der Waals surface area (Å²) in [5.41, 5.74) is 2.53. The molecule has 0 heterocycles. The quantitative estimate of drug-likeness (QED) is 0.842. The van der Waals surface area contributed by atoms with E-state index in [0.29, 0.717) is 12.3 Å². The number of benzene rings is 1. The largest absolute Gasteiger partial charge is 0.319 e. The fraction of sp³-hybridized carbons (Fsp3) is 0.647. The Morgan fingerprint density at radius 2 is 1.90 bits per heavy atom. The van der Waals surface area contributed by atoms with Gasteiger partial charge in [-0.3, -0.25) is 0 Å². The molecule has 0 fully saturated rings. The van der Waals surface area contributed by atoms with Gasteiger partial charge < -0.3 is 5.32 Å². The molecule has 3 nitrogen and oxygen atoms in total. The van der Waals surface area contributed by atoms with Crippen LogP contribution < -0.4 is 5.32 Å². The van der Waals surface area contributed by atoms with Gasteiger partial charge in [0, 0.05) is 0 Å². The van der Waals surface area contributed by atoms with E-state index in [9.17, 15) is 8.42 Å². The lowest BCUT2D eigenvalue weighted by Crippen LogP contribution is -2.32. The average molecular weight is 311 g/mol. The topological polar surface area (TPSA) is 46.2 Å². The predicted molar refractivity (Wildman–Crippen MR) is 90.5 cm³/mol. The molecule has 1 rings (SSSR count). The molecule has 0 bridgehead atoms. The zero-order chi connectivity index (χ0) is 16.1. The summed E-state index contributed by atoms with van der Waals surface area (Å²) in [5.74, 6) is 0.600. The minimum absolute atomic E-state index is 0.259. The van der Waals surface area contributed by atoms with Crippen LogP contribution in [0.15, 0.2) is 24.3 Å². The SMILES string of the molecule is CNCC(CCS(=O)(=O)C(C)(C)C)Cc1cccc(C)c1. The van der Waals surface area contributed by atoms with E-state index < -0.39 is 14.6 Å². The molecule has 21 heavy (non-hydrogen) atoms. The maximum atomic E-state index is 12.2. The van der Waals surface area contributed by atoms with Crippen molar-refractivity contribution in [2.45, 2.75) is 45.3 Å². The maximum absolute atomic E-state index is 12.2. The fourth-order valence-corrected chi connectivity index (χ4v) is 3.62. The van der Waals surface area contributed by atoms with Gasteiger partial charge >= 0.3 is 0 Å². The molecule has 120 valence electrons. The second-order valence-electron chi connectivity index (χ2n) is 6.84. The Labute approximate surface area is 130 Å². The zero-order valence-electron chi connectivity index (χ0n) is 13.9. The highest BCUT2D eigenvalue weighted by Gasteiger charge is 2.29. The molecule has 1 aromatic carbocycles. The van der Waals surface area contributed by atoms with Crippen LogP contribution in [-0.4, -0.2) is 32.5 Å². The van der Waals surface area contributed by atoms with E-state index in [1.165, 1.54) is 11.1 Å². The molecule has 1 atom stereocenters. The summed E-state index contributed by atoms with van der Waals surface area (Å²) in [4.78, 5) is 0. The second kappa shape index (κ2) is 7.41. The third-order valence-corrected chi connectivity index (χ3v) is 6.47. The van der Waals surface area contributed by atoms with E-state index in [2.05, 4.69) is 36.5 Å². The lowest BCUT2D eigenvalue weighted by Gasteiger charge is -2.22. The number of hydrogen-bond acceptors (Lipinski definition) is 3. The lowest BCUT2D eigenvalue weighted by molar-refractivity contribution is 0.473. The second-order valence-corrected chi connectivity index (χ2v) is 9.70. The number of hydrogen-bond donors (Lipinski definition) is 1. The number of nitrogens with one attached hydrogen (secondary N) is 1. The van der Waals surface area contributed by atoms with E-state index in [0.717, 1.165) is 13.0 Å². The van der Waals surface area contributed by atoms with Crippen LogP contribution >= 0.6 is 0 Å². The van der Waals surface area contributed by atoms with Gasteiger partial charge in [-0.2, -0.15) is 0 Å². The van der Waals surface area contributed by atoms with Gasteiger partial charge in [0.15, 0.2) is 9.84 Å². The fourth-order valence-electron chi connectivity index (χ4n) is 2.37. The minimum atomic E-state index is -3.04. The van der Waals surface area contributed by atoms with Gasteiger partial charge in [-0.25, -0.2) is 8.42 Å². The van der Waals surface area contributed by atoms with Crippen LogP contribution in [0, 0.1) is 12.8 Å². The van der Waals surface area contributed by atoms with E-state index in [1.54, 1.807) is 20.8 Å². The Kier molecular flexibility index (Phi) is 6.41. The molecule has 4 heteroatoms. The third kappa shape index (κ3) is 5.79. The van der Waals surface area contributed by atoms with Crippen molar-refractivity contribution in [3.05, 3.63) is 35.4 Å². The molecule has 0 aliphatic rings. The average Bonchev–Trinajstić information content (AvgIpc) is 2.35. The first kappa shape index (κ1) is 18.2. The Morgan fingerprint density at radius 3 is 2.43 bits per heavy atom. The summed E-state index contributed by atoms with van der Waals surface area (Å²) in [6.45, 7) is 8.25. The molecular weight excluding hydrogens is 282 g/mol. The van der Waals surface area contributed by atoms with Gasteiger partial charge in [0.05, 0.1) is 10.5 Å². The first-order valence-electron chi connectivity index (χ1n) is 7.58. The van der Waals surface area contributed by atoms with Gasteiger partial charge in [0.1, 0.15) is 0 Å². The van der Waals surface area contributed by atoms with Crippen LogP contribution in [0.25, 0.3) is 0 Å².